The summed E-state index contributed by atoms with van der Waals surface area (Å²) in [6.45, 7) is 1.80. The molecule has 1 aliphatic heterocycles. The Morgan fingerprint density at radius 2 is 1.30 bits per heavy atom. The average molecular weight is 1040 g/mol. The molecular formula is C50H81N3O16P2. The molecule has 1 aromatic heterocycles. The van der Waals surface area contributed by atoms with Gasteiger partial charge in [-0.3, -0.25) is 23.2 Å². The summed E-state index contributed by atoms with van der Waals surface area (Å²) in [5.74, 6) is -1.59. The highest BCUT2D eigenvalue weighted by atomic mass is 31.3. The molecule has 2 heterocycles. The van der Waals surface area contributed by atoms with E-state index in [0.29, 0.717) is 12.8 Å². The van der Waals surface area contributed by atoms with Crippen LogP contribution in [0.1, 0.15) is 155 Å². The van der Waals surface area contributed by atoms with Crippen molar-refractivity contribution in [1.29, 1.82) is 0 Å². The first-order valence-corrected chi connectivity index (χ1v) is 28.0. The maximum atomic E-state index is 12.9. The third kappa shape index (κ3) is 30.7. The predicted octanol–water partition coefficient (Wildman–Crippen LogP) is 9.08. The summed E-state index contributed by atoms with van der Waals surface area (Å²) >= 11 is 0. The molecule has 0 spiro atoms. The van der Waals surface area contributed by atoms with Crippen molar-refractivity contribution in [1.82, 2.24) is 9.55 Å². The maximum absolute atomic E-state index is 12.9. The number of anilines is 1. The lowest BCUT2D eigenvalue weighted by molar-refractivity contribution is -0.161. The van der Waals surface area contributed by atoms with Gasteiger partial charge in [0.25, 0.3) is 0 Å². The van der Waals surface area contributed by atoms with Crippen molar-refractivity contribution in [2.24, 2.45) is 0 Å². The lowest BCUT2D eigenvalue weighted by Gasteiger charge is -2.21. The zero-order valence-electron chi connectivity index (χ0n) is 41.6. The first-order valence-electron chi connectivity index (χ1n) is 25.1. The van der Waals surface area contributed by atoms with E-state index in [-0.39, 0.29) is 25.1 Å². The molecule has 0 amide bonds. The largest absolute Gasteiger partial charge is 0.481 e. The average Bonchev–Trinajstić information content (AvgIpc) is 3.60. The highest BCUT2D eigenvalue weighted by Crippen LogP contribution is 2.60. The van der Waals surface area contributed by atoms with Crippen molar-refractivity contribution in [3.05, 3.63) is 95.7 Å². The number of phosphoric acid groups is 2. The third-order valence-electron chi connectivity index (χ3n) is 10.9. The normalized spacial score (nSPS) is 20.2. The van der Waals surface area contributed by atoms with Crippen LogP contribution in [-0.2, 0) is 46.3 Å². The number of aliphatic hydroxyl groups is 3. The minimum absolute atomic E-state index is 0.0517. The Morgan fingerprint density at radius 3 is 1.87 bits per heavy atom. The number of ether oxygens (including phenoxy) is 3. The van der Waals surface area contributed by atoms with E-state index >= 15 is 0 Å². The smallest absolute Gasteiger partial charge is 0.462 e. The summed E-state index contributed by atoms with van der Waals surface area (Å²) in [7, 11) is -11.0. The monoisotopic (exact) mass is 1040 g/mol. The van der Waals surface area contributed by atoms with Crippen LogP contribution in [0.5, 0.6) is 0 Å². The Bertz CT molecular complexity index is 1990. The lowest BCUT2D eigenvalue weighted by Crippen LogP contribution is -2.36. The van der Waals surface area contributed by atoms with Gasteiger partial charge in [-0.15, -0.1) is 0 Å². The topological polar surface area (TPSA) is 286 Å². The van der Waals surface area contributed by atoms with Crippen molar-refractivity contribution in [2.75, 3.05) is 25.6 Å². The molecule has 1 aliphatic rings. The van der Waals surface area contributed by atoms with Crippen LogP contribution in [0.4, 0.5) is 5.82 Å². The number of unbranched alkanes of at least 4 members (excludes halogenated alkanes) is 12. The fraction of sp³-hybridized carbons (Fsp3) is 0.640. The van der Waals surface area contributed by atoms with Gasteiger partial charge in [-0.1, -0.05) is 164 Å². The van der Waals surface area contributed by atoms with E-state index < -0.39 is 89.8 Å². The molecule has 8 atom stereocenters. The Morgan fingerprint density at radius 1 is 0.746 bits per heavy atom. The van der Waals surface area contributed by atoms with Crippen LogP contribution >= 0.6 is 15.6 Å². The van der Waals surface area contributed by atoms with Gasteiger partial charge in [-0.25, -0.2) is 13.9 Å². The van der Waals surface area contributed by atoms with Crippen LogP contribution in [0.2, 0.25) is 0 Å². The number of nitrogens with two attached hydrogens (primary N) is 1. The Balaban J connectivity index is 1.88. The van der Waals surface area contributed by atoms with Crippen LogP contribution in [-0.4, -0.2) is 96.9 Å². The number of rotatable bonds is 40. The summed E-state index contributed by atoms with van der Waals surface area (Å²) in [5.41, 5.74) is 4.56. The van der Waals surface area contributed by atoms with Gasteiger partial charge in [-0.2, -0.15) is 9.29 Å². The van der Waals surface area contributed by atoms with E-state index in [1.54, 1.807) is 12.2 Å². The van der Waals surface area contributed by atoms with Crippen LogP contribution in [0.3, 0.4) is 0 Å². The van der Waals surface area contributed by atoms with Crippen LogP contribution in [0.15, 0.2) is 90.0 Å². The molecule has 2 rings (SSSR count). The van der Waals surface area contributed by atoms with E-state index in [4.69, 9.17) is 29.0 Å². The van der Waals surface area contributed by atoms with E-state index in [1.165, 1.54) is 63.5 Å². The number of phosphoric ester groups is 2. The number of allylic oxidation sites excluding steroid dienone is 11. The molecule has 0 aliphatic carbocycles. The quantitative estimate of drug-likeness (QED) is 0.0117. The Hall–Kier alpha value is -3.84. The lowest BCUT2D eigenvalue weighted by atomic mass is 10.0. The van der Waals surface area contributed by atoms with E-state index in [2.05, 4.69) is 65.7 Å². The third-order valence-corrected chi connectivity index (χ3v) is 13.5. The van der Waals surface area contributed by atoms with Crippen molar-refractivity contribution in [2.45, 2.75) is 185 Å². The zero-order chi connectivity index (χ0) is 52.2. The van der Waals surface area contributed by atoms with Gasteiger partial charge in [0, 0.05) is 19.0 Å². The molecule has 1 fully saturated rings. The Labute approximate surface area is 419 Å². The standard InChI is InChI=1S/C50H81N3O16P2/c1-3-5-7-9-11-13-15-17-18-19-21-22-24-26-28-30-32-41(54)34-35-46(56)67-42(38-64-45(55)33-31-29-27-25-23-20-16-14-12-10-8-6-4-2)39-65-70(60,61)69-71(62,63)66-40-43-47(57)48(58)49(68-43)53-37-36-44(51)52-50(53)59/h5,7,11,13,17-18,21-22,26,28,30,32,36-37,41-43,47-49,54,57-58H,3-4,6,8-10,12,14-16,19-20,23-25,27,29,31,33-35,38-40H2,1-2H3,(H,60,61)(H,62,63)(H2,51,52,59)/b7-5-,13-11-,18-17-,22-21-,28-26-,32-30-/t41?,42-,43-,47-,48-,49-/m1/s1. The van der Waals surface area contributed by atoms with Gasteiger partial charge in [0.15, 0.2) is 12.3 Å². The number of nitrogen functional groups attached to an aromatic ring is 1. The number of carbonyl (C=O) groups is 2. The number of hydrogen-bond acceptors (Lipinski definition) is 16. The van der Waals surface area contributed by atoms with Gasteiger partial charge in [0.1, 0.15) is 30.7 Å². The van der Waals surface area contributed by atoms with Crippen LogP contribution in [0.25, 0.3) is 0 Å². The second-order valence-corrected chi connectivity index (χ2v) is 20.2. The molecule has 402 valence electrons. The first-order chi connectivity index (χ1) is 34.1. The summed E-state index contributed by atoms with van der Waals surface area (Å²) in [5, 5.41) is 31.3. The van der Waals surface area contributed by atoms with Gasteiger partial charge >= 0.3 is 33.3 Å². The number of aromatic nitrogens is 2. The molecule has 21 heteroatoms. The number of nitrogens with zero attached hydrogens (tertiary/aromatic N) is 2. The molecule has 71 heavy (non-hydrogen) atoms. The molecule has 7 N–H and O–H groups in total. The molecule has 19 nitrogen and oxygen atoms in total. The van der Waals surface area contributed by atoms with Gasteiger partial charge in [-0.05, 0) is 51.0 Å². The molecule has 0 aromatic carbocycles. The van der Waals surface area contributed by atoms with E-state index in [1.807, 2.05) is 12.2 Å². The zero-order valence-corrected chi connectivity index (χ0v) is 43.4. The summed E-state index contributed by atoms with van der Waals surface area (Å²) < 4.78 is 56.5. The molecule has 1 aromatic rings. The van der Waals surface area contributed by atoms with Crippen LogP contribution < -0.4 is 11.4 Å². The van der Waals surface area contributed by atoms with Crippen molar-refractivity contribution in [3.8, 4) is 0 Å². The summed E-state index contributed by atoms with van der Waals surface area (Å²) in [4.78, 5) is 61.9. The number of hydrogen-bond donors (Lipinski definition) is 6. The molecular weight excluding hydrogens is 961 g/mol. The maximum Gasteiger partial charge on any atom is 0.481 e. The SMILES string of the molecule is CC/C=C\C/C=C\C/C=C\C/C=C\C/C=C\C=C/C(O)CCC(=O)O[C@H](COC(=O)CCCCCCCCCCCCCCC)COP(=O)(O)OP(=O)(O)OC[C@H]1O[C@@H](n2ccc(N)nc2=O)[C@H](O)[C@@H]1O. The minimum Gasteiger partial charge on any atom is -0.462 e. The molecule has 0 bridgehead atoms. The van der Waals surface area contributed by atoms with E-state index in [9.17, 15) is 48.6 Å². The Kier molecular flexibility index (Phi) is 33.7. The fourth-order valence-electron chi connectivity index (χ4n) is 7.01. The summed E-state index contributed by atoms with van der Waals surface area (Å²) in [6.07, 6.45) is 34.5. The van der Waals surface area contributed by atoms with E-state index in [0.717, 1.165) is 62.1 Å². The van der Waals surface area contributed by atoms with Gasteiger partial charge in [0.2, 0.25) is 0 Å². The highest BCUT2D eigenvalue weighted by molar-refractivity contribution is 7.61. The highest BCUT2D eigenvalue weighted by Gasteiger charge is 2.46. The molecule has 0 saturated carbocycles. The second kappa shape index (κ2) is 37.8. The van der Waals surface area contributed by atoms with Gasteiger partial charge < -0.3 is 45.1 Å². The molecule has 3 unspecified atom stereocenters. The molecule has 1 saturated heterocycles. The first kappa shape index (κ1) is 63.3. The number of aliphatic hydroxyl groups excluding tert-OH is 3. The summed E-state index contributed by atoms with van der Waals surface area (Å²) in [6, 6.07) is 1.23. The minimum atomic E-state index is -5.48. The number of carbonyl (C=O) groups excluding carboxylic acids is 2. The second-order valence-electron chi connectivity index (χ2n) is 17.1. The fourth-order valence-corrected chi connectivity index (χ4v) is 9.12. The predicted molar refractivity (Wildman–Crippen MR) is 271 cm³/mol. The van der Waals surface area contributed by atoms with Crippen molar-refractivity contribution in [3.63, 3.8) is 0 Å². The number of esters is 2. The van der Waals surface area contributed by atoms with Crippen LogP contribution in [0, 0.1) is 0 Å². The van der Waals surface area contributed by atoms with Crippen molar-refractivity contribution < 1.29 is 71.4 Å². The van der Waals surface area contributed by atoms with Crippen molar-refractivity contribution >= 4 is 33.4 Å². The molecule has 0 radical (unpaired) electrons. The van der Waals surface area contributed by atoms with Gasteiger partial charge in [0.05, 0.1) is 19.3 Å².